The number of benzene rings is 2. The van der Waals surface area contributed by atoms with Crippen LogP contribution in [0, 0.1) is 11.6 Å². The van der Waals surface area contributed by atoms with Crippen molar-refractivity contribution in [2.24, 2.45) is 0 Å². The number of hydrogen-bond donors (Lipinski definition) is 1. The summed E-state index contributed by atoms with van der Waals surface area (Å²) in [6.07, 6.45) is 0. The molecule has 0 unspecified atom stereocenters. The van der Waals surface area contributed by atoms with Gasteiger partial charge in [-0.3, -0.25) is 4.79 Å². The van der Waals surface area contributed by atoms with E-state index < -0.39 is 11.6 Å². The first-order valence-corrected chi connectivity index (χ1v) is 7.88. The maximum atomic E-state index is 13.5. The highest BCUT2D eigenvalue weighted by atomic mass is 32.2. The van der Waals surface area contributed by atoms with Gasteiger partial charge in [0.25, 0.3) is 0 Å². The highest BCUT2D eigenvalue weighted by molar-refractivity contribution is 8.00. The summed E-state index contributed by atoms with van der Waals surface area (Å²) in [5, 5.41) is 2.68. The van der Waals surface area contributed by atoms with Crippen LogP contribution >= 0.6 is 11.8 Å². The van der Waals surface area contributed by atoms with Crippen LogP contribution in [0.5, 0.6) is 11.5 Å². The van der Waals surface area contributed by atoms with Gasteiger partial charge in [0.05, 0.1) is 5.75 Å². The van der Waals surface area contributed by atoms with Crippen molar-refractivity contribution in [2.75, 3.05) is 24.3 Å². The van der Waals surface area contributed by atoms with Crippen LogP contribution in [0.4, 0.5) is 14.5 Å². The van der Waals surface area contributed by atoms with Gasteiger partial charge in [0.15, 0.2) is 11.5 Å². The van der Waals surface area contributed by atoms with Crippen LogP contribution in [0.2, 0.25) is 0 Å². The molecule has 1 amide bonds. The SMILES string of the molecule is O=C(CSc1cc(F)ccc1F)Nc1ccc2c(c1)OCCO2. The van der Waals surface area contributed by atoms with Gasteiger partial charge in [-0.2, -0.15) is 0 Å². The van der Waals surface area contributed by atoms with Crippen LogP contribution in [-0.2, 0) is 4.79 Å². The number of carbonyl (C=O) groups is 1. The molecule has 23 heavy (non-hydrogen) atoms. The lowest BCUT2D eigenvalue weighted by Gasteiger charge is -2.19. The Bertz CT molecular complexity index is 739. The number of amides is 1. The molecular formula is C16H13F2NO3S. The van der Waals surface area contributed by atoms with Gasteiger partial charge in [0.2, 0.25) is 5.91 Å². The van der Waals surface area contributed by atoms with E-state index in [9.17, 15) is 13.6 Å². The van der Waals surface area contributed by atoms with Crippen molar-refractivity contribution in [3.8, 4) is 11.5 Å². The van der Waals surface area contributed by atoms with E-state index in [1.165, 1.54) is 0 Å². The maximum absolute atomic E-state index is 13.5. The molecule has 0 spiro atoms. The number of ether oxygens (including phenoxy) is 2. The molecule has 0 bridgehead atoms. The number of carbonyl (C=O) groups excluding carboxylic acids is 1. The number of hydrogen-bond acceptors (Lipinski definition) is 4. The van der Waals surface area contributed by atoms with Gasteiger partial charge in [-0.15, -0.1) is 11.8 Å². The molecule has 0 aromatic heterocycles. The van der Waals surface area contributed by atoms with Gasteiger partial charge in [0, 0.05) is 16.6 Å². The van der Waals surface area contributed by atoms with E-state index in [0.29, 0.717) is 30.4 Å². The molecule has 0 aliphatic carbocycles. The molecule has 7 heteroatoms. The smallest absolute Gasteiger partial charge is 0.234 e. The van der Waals surface area contributed by atoms with Crippen LogP contribution < -0.4 is 14.8 Å². The number of fused-ring (bicyclic) bond motifs is 1. The van der Waals surface area contributed by atoms with Crippen LogP contribution in [0.15, 0.2) is 41.3 Å². The Labute approximate surface area is 135 Å². The molecular weight excluding hydrogens is 324 g/mol. The summed E-state index contributed by atoms with van der Waals surface area (Å²) in [4.78, 5) is 12.0. The molecule has 3 rings (SSSR count). The lowest BCUT2D eigenvalue weighted by atomic mass is 10.2. The monoisotopic (exact) mass is 337 g/mol. The van der Waals surface area contributed by atoms with Crippen LogP contribution in [0.3, 0.4) is 0 Å². The second kappa shape index (κ2) is 6.87. The fourth-order valence-corrected chi connectivity index (χ4v) is 2.81. The summed E-state index contributed by atoms with van der Waals surface area (Å²) < 4.78 is 37.4. The van der Waals surface area contributed by atoms with Gasteiger partial charge >= 0.3 is 0 Å². The summed E-state index contributed by atoms with van der Waals surface area (Å²) in [6.45, 7) is 0.952. The van der Waals surface area contributed by atoms with Crippen LogP contribution in [0.25, 0.3) is 0 Å². The van der Waals surface area contributed by atoms with Crippen molar-refractivity contribution in [1.82, 2.24) is 0 Å². The molecule has 0 radical (unpaired) electrons. The van der Waals surface area contributed by atoms with E-state index in [-0.39, 0.29) is 16.6 Å². The Morgan fingerprint density at radius 3 is 2.70 bits per heavy atom. The zero-order valence-electron chi connectivity index (χ0n) is 12.0. The summed E-state index contributed by atoms with van der Waals surface area (Å²) >= 11 is 0.934. The Balaban J connectivity index is 1.60. The molecule has 1 N–H and O–H groups in total. The topological polar surface area (TPSA) is 47.6 Å². The first kappa shape index (κ1) is 15.6. The van der Waals surface area contributed by atoms with Crippen molar-refractivity contribution in [3.63, 3.8) is 0 Å². The standard InChI is InChI=1S/C16H13F2NO3S/c17-10-1-3-12(18)15(7-10)23-9-16(20)19-11-2-4-13-14(8-11)22-6-5-21-13/h1-4,7-8H,5-6,9H2,(H,19,20). The predicted octanol–water partition coefficient (Wildman–Crippen LogP) is 3.47. The van der Waals surface area contributed by atoms with E-state index in [4.69, 9.17) is 9.47 Å². The number of thioether (sulfide) groups is 1. The number of anilines is 1. The molecule has 0 fully saturated rings. The van der Waals surface area contributed by atoms with Crippen LogP contribution in [0.1, 0.15) is 0 Å². The summed E-state index contributed by atoms with van der Waals surface area (Å²) in [7, 11) is 0. The van der Waals surface area contributed by atoms with E-state index in [1.807, 2.05) is 0 Å². The van der Waals surface area contributed by atoms with Gasteiger partial charge in [-0.05, 0) is 30.3 Å². The Morgan fingerprint density at radius 2 is 1.87 bits per heavy atom. The molecule has 1 aliphatic heterocycles. The maximum Gasteiger partial charge on any atom is 0.234 e. The third-order valence-electron chi connectivity index (χ3n) is 3.08. The minimum absolute atomic E-state index is 0.0329. The first-order valence-electron chi connectivity index (χ1n) is 6.89. The van der Waals surface area contributed by atoms with E-state index >= 15 is 0 Å². The average Bonchev–Trinajstić information content (AvgIpc) is 2.55. The summed E-state index contributed by atoms with van der Waals surface area (Å²) in [5.41, 5.74) is 0.555. The first-order chi connectivity index (χ1) is 11.1. The fraction of sp³-hybridized carbons (Fsp3) is 0.188. The Hall–Kier alpha value is -2.28. The van der Waals surface area contributed by atoms with Crippen LogP contribution in [-0.4, -0.2) is 24.9 Å². The second-order valence-corrected chi connectivity index (χ2v) is 5.79. The molecule has 2 aromatic rings. The summed E-state index contributed by atoms with van der Waals surface area (Å²) in [5.74, 6) is -0.252. The number of nitrogens with one attached hydrogen (secondary N) is 1. The molecule has 0 saturated heterocycles. The van der Waals surface area contributed by atoms with Gasteiger partial charge in [-0.1, -0.05) is 0 Å². The molecule has 2 aromatic carbocycles. The van der Waals surface area contributed by atoms with Crippen molar-refractivity contribution >= 4 is 23.4 Å². The molecule has 120 valence electrons. The van der Waals surface area contributed by atoms with E-state index in [0.717, 1.165) is 30.0 Å². The number of halogens is 2. The third-order valence-corrected chi connectivity index (χ3v) is 4.11. The predicted molar refractivity (Wildman–Crippen MR) is 83.1 cm³/mol. The lowest BCUT2D eigenvalue weighted by Crippen LogP contribution is -2.17. The molecule has 1 aliphatic rings. The van der Waals surface area contributed by atoms with E-state index in [2.05, 4.69) is 5.32 Å². The number of rotatable bonds is 4. The molecule has 1 heterocycles. The quantitative estimate of drug-likeness (QED) is 0.868. The van der Waals surface area contributed by atoms with Crippen molar-refractivity contribution in [3.05, 3.63) is 48.0 Å². The van der Waals surface area contributed by atoms with Crippen molar-refractivity contribution < 1.29 is 23.0 Å². The molecule has 0 saturated carbocycles. The highest BCUT2D eigenvalue weighted by Gasteiger charge is 2.13. The third kappa shape index (κ3) is 3.92. The summed E-state index contributed by atoms with van der Waals surface area (Å²) in [6, 6.07) is 8.21. The van der Waals surface area contributed by atoms with E-state index in [1.54, 1.807) is 18.2 Å². The van der Waals surface area contributed by atoms with Crippen molar-refractivity contribution in [2.45, 2.75) is 4.90 Å². The Kier molecular flexibility index (Phi) is 4.66. The fourth-order valence-electron chi connectivity index (χ4n) is 2.05. The molecule has 0 atom stereocenters. The minimum atomic E-state index is -0.552. The lowest BCUT2D eigenvalue weighted by molar-refractivity contribution is -0.113. The van der Waals surface area contributed by atoms with Gasteiger partial charge in [0.1, 0.15) is 24.8 Å². The second-order valence-electron chi connectivity index (χ2n) is 4.77. The van der Waals surface area contributed by atoms with Crippen molar-refractivity contribution in [1.29, 1.82) is 0 Å². The zero-order valence-corrected chi connectivity index (χ0v) is 12.8. The zero-order chi connectivity index (χ0) is 16.2. The Morgan fingerprint density at radius 1 is 1.09 bits per heavy atom. The average molecular weight is 337 g/mol. The normalized spacial score (nSPS) is 12.8. The molecule has 4 nitrogen and oxygen atoms in total. The minimum Gasteiger partial charge on any atom is -0.486 e. The largest absolute Gasteiger partial charge is 0.486 e. The van der Waals surface area contributed by atoms with Gasteiger partial charge in [-0.25, -0.2) is 8.78 Å². The highest BCUT2D eigenvalue weighted by Crippen LogP contribution is 2.32. The van der Waals surface area contributed by atoms with Gasteiger partial charge < -0.3 is 14.8 Å².